The average Bonchev–Trinajstić information content (AvgIpc) is 2.97. The topological polar surface area (TPSA) is 45.2 Å². The lowest BCUT2D eigenvalue weighted by Gasteiger charge is -2.15. The number of para-hydroxylation sites is 1. The summed E-state index contributed by atoms with van der Waals surface area (Å²) >= 11 is 1.30. The number of carbonyl (C=O) groups excluding carboxylic acids is 1. The van der Waals surface area contributed by atoms with E-state index in [1.807, 2.05) is 42.3 Å². The van der Waals surface area contributed by atoms with Gasteiger partial charge in [-0.05, 0) is 37.3 Å². The van der Waals surface area contributed by atoms with E-state index < -0.39 is 5.82 Å². The third-order valence-electron chi connectivity index (χ3n) is 3.50. The summed E-state index contributed by atoms with van der Waals surface area (Å²) in [5.74, 6) is -0.679. The van der Waals surface area contributed by atoms with Crippen molar-refractivity contribution in [2.75, 3.05) is 17.3 Å². The molecule has 1 aromatic heterocycles. The van der Waals surface area contributed by atoms with Crippen LogP contribution in [0.5, 0.6) is 0 Å². The van der Waals surface area contributed by atoms with Crippen LogP contribution in [0.15, 0.2) is 54.6 Å². The van der Waals surface area contributed by atoms with Crippen LogP contribution < -0.4 is 10.2 Å². The molecular weight excluding hydrogens is 325 g/mol. The molecule has 122 valence electrons. The molecule has 0 bridgehead atoms. The maximum atomic E-state index is 13.2. The Balaban J connectivity index is 1.82. The van der Waals surface area contributed by atoms with Crippen LogP contribution in [-0.2, 0) is 0 Å². The van der Waals surface area contributed by atoms with Gasteiger partial charge in [-0.2, -0.15) is 0 Å². The lowest BCUT2D eigenvalue weighted by Crippen LogP contribution is -2.11. The summed E-state index contributed by atoms with van der Waals surface area (Å²) in [5.41, 5.74) is 2.06. The molecule has 3 rings (SSSR count). The molecule has 1 N–H and O–H groups in total. The highest BCUT2D eigenvalue weighted by Crippen LogP contribution is 2.30. The van der Waals surface area contributed by atoms with E-state index in [-0.39, 0.29) is 5.91 Å². The van der Waals surface area contributed by atoms with Gasteiger partial charge >= 0.3 is 0 Å². The molecule has 0 aliphatic heterocycles. The van der Waals surface area contributed by atoms with E-state index in [1.54, 1.807) is 19.1 Å². The molecule has 1 amide bonds. The Labute approximate surface area is 143 Å². The Morgan fingerprint density at radius 2 is 1.92 bits per heavy atom. The van der Waals surface area contributed by atoms with Crippen molar-refractivity contribution in [3.05, 3.63) is 71.0 Å². The summed E-state index contributed by atoms with van der Waals surface area (Å²) in [6.07, 6.45) is 0. The van der Waals surface area contributed by atoms with Crippen molar-refractivity contribution in [3.63, 3.8) is 0 Å². The number of halogens is 1. The summed E-state index contributed by atoms with van der Waals surface area (Å²) < 4.78 is 13.2. The third-order valence-corrected chi connectivity index (χ3v) is 4.74. The van der Waals surface area contributed by atoms with E-state index in [2.05, 4.69) is 10.3 Å². The van der Waals surface area contributed by atoms with Gasteiger partial charge in [0.15, 0.2) is 5.13 Å². The molecule has 6 heteroatoms. The van der Waals surface area contributed by atoms with Gasteiger partial charge < -0.3 is 10.2 Å². The van der Waals surface area contributed by atoms with E-state index in [0.29, 0.717) is 16.3 Å². The van der Waals surface area contributed by atoms with E-state index in [4.69, 9.17) is 0 Å². The number of hydrogen-bond donors (Lipinski definition) is 1. The number of thiazole rings is 1. The number of nitrogens with one attached hydrogen (secondary N) is 1. The minimum absolute atomic E-state index is 0.289. The number of rotatable bonds is 4. The predicted octanol–water partition coefficient (Wildman–Crippen LogP) is 4.61. The van der Waals surface area contributed by atoms with Crippen LogP contribution in [0.1, 0.15) is 15.4 Å². The zero-order valence-electron chi connectivity index (χ0n) is 13.3. The lowest BCUT2D eigenvalue weighted by molar-refractivity contribution is 0.103. The van der Waals surface area contributed by atoms with Crippen LogP contribution >= 0.6 is 11.3 Å². The highest BCUT2D eigenvalue weighted by atomic mass is 32.1. The molecule has 3 aromatic rings. The number of carbonyl (C=O) groups is 1. The van der Waals surface area contributed by atoms with Crippen LogP contribution in [0.4, 0.5) is 20.9 Å². The number of nitrogens with zero attached hydrogens (tertiary/aromatic N) is 2. The smallest absolute Gasteiger partial charge is 0.267 e. The molecule has 0 saturated heterocycles. The maximum absolute atomic E-state index is 13.2. The number of hydrogen-bond acceptors (Lipinski definition) is 4. The molecule has 0 atom stereocenters. The first-order chi connectivity index (χ1) is 11.5. The van der Waals surface area contributed by atoms with Crippen LogP contribution in [0.25, 0.3) is 0 Å². The predicted molar refractivity (Wildman–Crippen MR) is 95.7 cm³/mol. The van der Waals surface area contributed by atoms with Gasteiger partial charge in [0, 0.05) is 18.4 Å². The molecule has 0 unspecified atom stereocenters. The third kappa shape index (κ3) is 3.44. The summed E-state index contributed by atoms with van der Waals surface area (Å²) in [4.78, 5) is 19.4. The molecule has 0 spiro atoms. The van der Waals surface area contributed by atoms with Crippen molar-refractivity contribution in [1.29, 1.82) is 0 Å². The second-order valence-electron chi connectivity index (χ2n) is 5.27. The van der Waals surface area contributed by atoms with Gasteiger partial charge in [-0.15, -0.1) is 0 Å². The SMILES string of the molecule is Cc1nc(N(C)c2ccccc2)sc1C(=O)Nc1cccc(F)c1. The first-order valence-electron chi connectivity index (χ1n) is 7.38. The van der Waals surface area contributed by atoms with E-state index >= 15 is 0 Å². The van der Waals surface area contributed by atoms with Gasteiger partial charge in [-0.25, -0.2) is 9.37 Å². The molecule has 0 aliphatic carbocycles. The average molecular weight is 341 g/mol. The quantitative estimate of drug-likeness (QED) is 0.754. The van der Waals surface area contributed by atoms with Gasteiger partial charge in [0.25, 0.3) is 5.91 Å². The molecular formula is C18H16FN3OS. The van der Waals surface area contributed by atoms with Crippen molar-refractivity contribution in [2.45, 2.75) is 6.92 Å². The first kappa shape index (κ1) is 16.1. The van der Waals surface area contributed by atoms with Gasteiger partial charge in [0.1, 0.15) is 10.7 Å². The van der Waals surface area contributed by atoms with Crippen molar-refractivity contribution < 1.29 is 9.18 Å². The molecule has 1 heterocycles. The minimum Gasteiger partial charge on any atom is -0.321 e. The summed E-state index contributed by atoms with van der Waals surface area (Å²) in [6.45, 7) is 1.79. The second-order valence-corrected chi connectivity index (χ2v) is 6.25. The molecule has 0 radical (unpaired) electrons. The number of amides is 1. The molecule has 4 nitrogen and oxygen atoms in total. The first-order valence-corrected chi connectivity index (χ1v) is 8.19. The van der Waals surface area contributed by atoms with Crippen LogP contribution in [0, 0.1) is 12.7 Å². The van der Waals surface area contributed by atoms with Gasteiger partial charge in [0.2, 0.25) is 0 Å². The van der Waals surface area contributed by atoms with Gasteiger partial charge in [-0.1, -0.05) is 35.6 Å². The Kier molecular flexibility index (Phi) is 4.57. The maximum Gasteiger partial charge on any atom is 0.267 e. The molecule has 0 aliphatic rings. The largest absolute Gasteiger partial charge is 0.321 e. The summed E-state index contributed by atoms with van der Waals surface area (Å²) in [7, 11) is 1.90. The lowest BCUT2D eigenvalue weighted by atomic mass is 10.3. The number of benzene rings is 2. The fourth-order valence-electron chi connectivity index (χ4n) is 2.25. The van der Waals surface area contributed by atoms with E-state index in [1.165, 1.54) is 23.5 Å². The zero-order valence-corrected chi connectivity index (χ0v) is 14.1. The zero-order chi connectivity index (χ0) is 17.1. The number of anilines is 3. The van der Waals surface area contributed by atoms with Crippen molar-refractivity contribution in [1.82, 2.24) is 4.98 Å². The van der Waals surface area contributed by atoms with Crippen molar-refractivity contribution >= 4 is 33.8 Å². The van der Waals surface area contributed by atoms with E-state index in [9.17, 15) is 9.18 Å². The molecule has 2 aromatic carbocycles. The fraction of sp³-hybridized carbons (Fsp3) is 0.111. The Hall–Kier alpha value is -2.73. The highest BCUT2D eigenvalue weighted by Gasteiger charge is 2.18. The van der Waals surface area contributed by atoms with Crippen LogP contribution in [0.2, 0.25) is 0 Å². The highest BCUT2D eigenvalue weighted by molar-refractivity contribution is 7.17. The Morgan fingerprint density at radius 1 is 1.17 bits per heavy atom. The van der Waals surface area contributed by atoms with E-state index in [0.717, 1.165) is 10.8 Å². The van der Waals surface area contributed by atoms with Crippen molar-refractivity contribution in [2.24, 2.45) is 0 Å². The molecule has 0 fully saturated rings. The minimum atomic E-state index is -0.390. The normalized spacial score (nSPS) is 10.5. The monoisotopic (exact) mass is 341 g/mol. The van der Waals surface area contributed by atoms with Crippen LogP contribution in [-0.4, -0.2) is 17.9 Å². The Bertz CT molecular complexity index is 864. The van der Waals surface area contributed by atoms with Crippen LogP contribution in [0.3, 0.4) is 0 Å². The van der Waals surface area contributed by atoms with Gasteiger partial charge in [-0.3, -0.25) is 4.79 Å². The summed E-state index contributed by atoms with van der Waals surface area (Å²) in [5, 5.41) is 3.43. The molecule has 0 saturated carbocycles. The number of aromatic nitrogens is 1. The number of aryl methyl sites for hydroxylation is 1. The fourth-order valence-corrected chi connectivity index (χ4v) is 3.20. The summed E-state index contributed by atoms with van der Waals surface area (Å²) in [6, 6.07) is 15.6. The second kappa shape index (κ2) is 6.80. The Morgan fingerprint density at radius 3 is 2.62 bits per heavy atom. The standard InChI is InChI=1S/C18H16FN3OS/c1-12-16(17(23)21-14-8-6-7-13(19)11-14)24-18(20-12)22(2)15-9-4-3-5-10-15/h3-11H,1-2H3,(H,21,23). The van der Waals surface area contributed by atoms with Crippen molar-refractivity contribution in [3.8, 4) is 0 Å². The van der Waals surface area contributed by atoms with Gasteiger partial charge in [0.05, 0.1) is 5.69 Å². The molecule has 24 heavy (non-hydrogen) atoms.